The minimum Gasteiger partial charge on any atom is -0.329 e. The molecule has 2 rings (SSSR count). The lowest BCUT2D eigenvalue weighted by Crippen LogP contribution is -2.29. The van der Waals surface area contributed by atoms with Gasteiger partial charge in [-0.1, -0.05) is 12.1 Å². The van der Waals surface area contributed by atoms with Crippen molar-refractivity contribution in [1.82, 2.24) is 4.72 Å². The number of rotatable bonds is 9. The second-order valence-corrected chi connectivity index (χ2v) is 7.99. The lowest BCUT2D eigenvalue weighted by molar-refractivity contribution is -0.116. The summed E-state index contributed by atoms with van der Waals surface area (Å²) in [7, 11) is -3.61. The molecule has 0 aliphatic rings. The fraction of sp³-hybridized carbons (Fsp3) is 0.312. The van der Waals surface area contributed by atoms with E-state index in [-0.39, 0.29) is 36.3 Å². The zero-order chi connectivity index (χ0) is 17.4. The van der Waals surface area contributed by atoms with E-state index in [1.165, 1.54) is 17.0 Å². The van der Waals surface area contributed by atoms with Gasteiger partial charge in [0.15, 0.2) is 0 Å². The van der Waals surface area contributed by atoms with E-state index in [1.54, 1.807) is 23.5 Å². The Balaban J connectivity index is 0.00000312. The van der Waals surface area contributed by atoms with Crippen molar-refractivity contribution in [2.75, 3.05) is 18.4 Å². The van der Waals surface area contributed by atoms with E-state index in [0.29, 0.717) is 12.1 Å². The summed E-state index contributed by atoms with van der Waals surface area (Å²) in [6, 6.07) is 10.2. The minimum atomic E-state index is -3.61. The van der Waals surface area contributed by atoms with E-state index < -0.39 is 10.0 Å². The summed E-state index contributed by atoms with van der Waals surface area (Å²) in [4.78, 5) is 13.3. The molecule has 0 aliphatic heterocycles. The average molecular weight is 404 g/mol. The van der Waals surface area contributed by atoms with E-state index in [1.807, 2.05) is 17.5 Å². The van der Waals surface area contributed by atoms with Gasteiger partial charge in [-0.2, -0.15) is 0 Å². The number of hydrogen-bond acceptors (Lipinski definition) is 5. The van der Waals surface area contributed by atoms with Crippen LogP contribution in [0.15, 0.2) is 46.7 Å². The highest BCUT2D eigenvalue weighted by atomic mass is 35.5. The summed E-state index contributed by atoms with van der Waals surface area (Å²) in [6.45, 7) is 0.390. The molecule has 1 heterocycles. The van der Waals surface area contributed by atoms with Crippen LogP contribution in [0, 0.1) is 0 Å². The molecule has 0 bridgehead atoms. The first-order valence-electron chi connectivity index (χ1n) is 7.63. The average Bonchev–Trinajstić information content (AvgIpc) is 3.06. The van der Waals surface area contributed by atoms with Crippen molar-refractivity contribution >= 4 is 45.4 Å². The molecule has 0 saturated heterocycles. The summed E-state index contributed by atoms with van der Waals surface area (Å²) in [5.41, 5.74) is 5.77. The molecule has 6 nitrogen and oxygen atoms in total. The summed E-state index contributed by atoms with van der Waals surface area (Å²) in [5, 5.41) is 4.75. The summed E-state index contributed by atoms with van der Waals surface area (Å²) >= 11 is 1.68. The molecule has 1 aromatic heterocycles. The van der Waals surface area contributed by atoms with E-state index in [9.17, 15) is 13.2 Å². The number of amides is 1. The van der Waals surface area contributed by atoms with Crippen LogP contribution in [0.5, 0.6) is 0 Å². The maximum Gasteiger partial charge on any atom is 0.240 e. The van der Waals surface area contributed by atoms with Crippen LogP contribution in [-0.4, -0.2) is 27.4 Å². The topological polar surface area (TPSA) is 101 Å². The van der Waals surface area contributed by atoms with Crippen LogP contribution in [0.3, 0.4) is 0 Å². The Morgan fingerprint density at radius 3 is 2.68 bits per heavy atom. The van der Waals surface area contributed by atoms with Gasteiger partial charge in [0, 0.05) is 30.1 Å². The Morgan fingerprint density at radius 1 is 1.20 bits per heavy atom. The zero-order valence-electron chi connectivity index (χ0n) is 13.6. The molecule has 1 aromatic carbocycles. The Labute approximate surface area is 158 Å². The highest BCUT2D eigenvalue weighted by Crippen LogP contribution is 2.16. The Hall–Kier alpha value is -1.45. The monoisotopic (exact) mass is 403 g/mol. The molecule has 4 N–H and O–H groups in total. The summed E-state index contributed by atoms with van der Waals surface area (Å²) < 4.78 is 26.5. The van der Waals surface area contributed by atoms with Crippen molar-refractivity contribution in [1.29, 1.82) is 0 Å². The van der Waals surface area contributed by atoms with E-state index in [2.05, 4.69) is 10.0 Å². The van der Waals surface area contributed by atoms with Crippen LogP contribution >= 0.6 is 23.7 Å². The van der Waals surface area contributed by atoms with Gasteiger partial charge < -0.3 is 11.1 Å². The maximum absolute atomic E-state index is 12.1. The molecule has 1 amide bonds. The molecule has 2 aromatic rings. The molecular formula is C16H22ClN3O3S2. The van der Waals surface area contributed by atoms with Gasteiger partial charge in [-0.25, -0.2) is 13.1 Å². The van der Waals surface area contributed by atoms with Gasteiger partial charge in [-0.3, -0.25) is 4.79 Å². The normalized spacial score (nSPS) is 10.9. The van der Waals surface area contributed by atoms with Crippen LogP contribution in [0.25, 0.3) is 0 Å². The molecule has 0 spiro atoms. The van der Waals surface area contributed by atoms with Crippen molar-refractivity contribution in [3.8, 4) is 0 Å². The number of carbonyl (C=O) groups is 1. The van der Waals surface area contributed by atoms with Gasteiger partial charge in [0.2, 0.25) is 15.9 Å². The van der Waals surface area contributed by atoms with Gasteiger partial charge >= 0.3 is 0 Å². The van der Waals surface area contributed by atoms with Crippen LogP contribution < -0.4 is 15.8 Å². The number of hydrogen-bond donors (Lipinski definition) is 3. The maximum atomic E-state index is 12.1. The molecular weight excluding hydrogens is 382 g/mol. The number of sulfonamides is 1. The Bertz CT molecular complexity index is 765. The zero-order valence-corrected chi connectivity index (χ0v) is 16.1. The largest absolute Gasteiger partial charge is 0.329 e. The Kier molecular flexibility index (Phi) is 9.09. The van der Waals surface area contributed by atoms with Crippen LogP contribution in [0.1, 0.15) is 17.7 Å². The van der Waals surface area contributed by atoms with Crippen molar-refractivity contribution in [3.05, 3.63) is 46.7 Å². The molecule has 0 unspecified atom stereocenters. The van der Waals surface area contributed by atoms with Gasteiger partial charge in [0.25, 0.3) is 0 Å². The van der Waals surface area contributed by atoms with E-state index >= 15 is 0 Å². The number of nitrogens with two attached hydrogens (primary N) is 1. The van der Waals surface area contributed by atoms with Crippen molar-refractivity contribution in [2.24, 2.45) is 5.73 Å². The predicted molar refractivity (Wildman–Crippen MR) is 104 cm³/mol. The number of halogens is 1. The van der Waals surface area contributed by atoms with E-state index in [0.717, 1.165) is 12.8 Å². The second-order valence-electron chi connectivity index (χ2n) is 5.20. The highest BCUT2D eigenvalue weighted by molar-refractivity contribution is 7.89. The van der Waals surface area contributed by atoms with Gasteiger partial charge in [0.05, 0.1) is 4.90 Å². The Morgan fingerprint density at radius 2 is 2.00 bits per heavy atom. The number of aryl methyl sites for hydroxylation is 1. The van der Waals surface area contributed by atoms with Crippen molar-refractivity contribution in [3.63, 3.8) is 0 Å². The number of anilines is 1. The number of thiophene rings is 1. The minimum absolute atomic E-state index is 0. The molecule has 0 saturated carbocycles. The predicted octanol–water partition coefficient (Wildman–Crippen LogP) is 2.37. The molecule has 138 valence electrons. The number of nitrogens with one attached hydrogen (secondary N) is 2. The second kappa shape index (κ2) is 10.5. The molecule has 0 atom stereocenters. The van der Waals surface area contributed by atoms with Gasteiger partial charge in [-0.15, -0.1) is 23.7 Å². The third kappa shape index (κ3) is 7.13. The van der Waals surface area contributed by atoms with Crippen molar-refractivity contribution in [2.45, 2.75) is 24.2 Å². The molecule has 9 heteroatoms. The molecule has 0 radical (unpaired) electrons. The van der Waals surface area contributed by atoms with Gasteiger partial charge in [-0.05, 0) is 42.5 Å². The quantitative estimate of drug-likeness (QED) is 0.598. The first-order chi connectivity index (χ1) is 11.5. The van der Waals surface area contributed by atoms with E-state index in [4.69, 9.17) is 5.73 Å². The first-order valence-corrected chi connectivity index (χ1v) is 9.99. The van der Waals surface area contributed by atoms with Crippen LogP contribution in [0.4, 0.5) is 5.69 Å². The smallest absolute Gasteiger partial charge is 0.240 e. The molecule has 25 heavy (non-hydrogen) atoms. The SMILES string of the molecule is Cl.NCCNS(=O)(=O)c1cccc(NC(=O)CCCc2cccs2)c1. The standard InChI is InChI=1S/C16H21N3O3S2.ClH/c17-9-10-18-24(21,22)15-7-1-4-13(12-15)19-16(20)8-2-5-14-6-3-11-23-14;/h1,3-4,6-7,11-12,18H,2,5,8-10,17H2,(H,19,20);1H. The number of carbonyl (C=O) groups excluding carboxylic acids is 1. The summed E-state index contributed by atoms with van der Waals surface area (Å²) in [6.07, 6.45) is 2.01. The fourth-order valence-corrected chi connectivity index (χ4v) is 3.96. The first kappa shape index (κ1) is 21.6. The molecule has 0 fully saturated rings. The lowest BCUT2D eigenvalue weighted by atomic mass is 10.2. The lowest BCUT2D eigenvalue weighted by Gasteiger charge is -2.09. The highest BCUT2D eigenvalue weighted by Gasteiger charge is 2.14. The van der Waals surface area contributed by atoms with Crippen LogP contribution in [-0.2, 0) is 21.2 Å². The third-order valence-electron chi connectivity index (χ3n) is 3.27. The van der Waals surface area contributed by atoms with Gasteiger partial charge in [0.1, 0.15) is 0 Å². The summed E-state index contributed by atoms with van der Waals surface area (Å²) in [5.74, 6) is -0.129. The number of benzene rings is 1. The van der Waals surface area contributed by atoms with Crippen molar-refractivity contribution < 1.29 is 13.2 Å². The van der Waals surface area contributed by atoms with Crippen LogP contribution in [0.2, 0.25) is 0 Å². The fourth-order valence-electron chi connectivity index (χ4n) is 2.12. The third-order valence-corrected chi connectivity index (χ3v) is 5.67. The molecule has 0 aliphatic carbocycles.